The van der Waals surface area contributed by atoms with Crippen molar-refractivity contribution in [1.82, 2.24) is 10.6 Å². The quantitative estimate of drug-likeness (QED) is 0.777. The number of rotatable bonds is 6. The van der Waals surface area contributed by atoms with Crippen LogP contribution in [0.2, 0.25) is 0 Å². The molecule has 1 fully saturated rings. The zero-order valence-electron chi connectivity index (χ0n) is 12.0. The number of esters is 1. The molecular formula is C14H21ClN2O4. The standard InChI is InChI=1S/C14H20N2O4.ClH/c1-19-14(18)12-4-3-11(20-12)9-16-13(17)5-2-10-6-7-15-8-10;/h3-4,10,15H,2,5-9H2,1H3,(H,16,17);1H. The smallest absolute Gasteiger partial charge is 0.373 e. The molecule has 1 aliphatic heterocycles. The first-order valence-corrected chi connectivity index (χ1v) is 6.83. The van der Waals surface area contributed by atoms with Gasteiger partial charge in [0.1, 0.15) is 5.76 Å². The Bertz CT molecular complexity index is 469. The molecule has 0 spiro atoms. The molecule has 2 heterocycles. The van der Waals surface area contributed by atoms with Crippen molar-refractivity contribution < 1.29 is 18.7 Å². The largest absolute Gasteiger partial charge is 0.463 e. The van der Waals surface area contributed by atoms with E-state index >= 15 is 0 Å². The van der Waals surface area contributed by atoms with Crippen molar-refractivity contribution in [2.45, 2.75) is 25.8 Å². The van der Waals surface area contributed by atoms with Gasteiger partial charge in [-0.3, -0.25) is 4.79 Å². The molecule has 1 aromatic rings. The summed E-state index contributed by atoms with van der Waals surface area (Å²) in [6, 6.07) is 3.20. The molecule has 2 rings (SSSR count). The van der Waals surface area contributed by atoms with Gasteiger partial charge in [0.2, 0.25) is 11.7 Å². The van der Waals surface area contributed by atoms with E-state index < -0.39 is 5.97 Å². The summed E-state index contributed by atoms with van der Waals surface area (Å²) in [7, 11) is 1.30. The first-order chi connectivity index (χ1) is 9.69. The lowest BCUT2D eigenvalue weighted by Gasteiger charge is -2.07. The predicted molar refractivity (Wildman–Crippen MR) is 79.4 cm³/mol. The lowest BCUT2D eigenvalue weighted by Crippen LogP contribution is -2.23. The Kier molecular flexibility index (Phi) is 7.25. The lowest BCUT2D eigenvalue weighted by molar-refractivity contribution is -0.121. The van der Waals surface area contributed by atoms with Crippen LogP contribution in [-0.4, -0.2) is 32.1 Å². The summed E-state index contributed by atoms with van der Waals surface area (Å²) in [5.41, 5.74) is 0. The minimum atomic E-state index is -0.517. The molecule has 118 valence electrons. The van der Waals surface area contributed by atoms with Crippen LogP contribution in [0.15, 0.2) is 16.5 Å². The van der Waals surface area contributed by atoms with E-state index in [-0.39, 0.29) is 24.1 Å². The first-order valence-electron chi connectivity index (χ1n) is 6.83. The van der Waals surface area contributed by atoms with Crippen LogP contribution in [0.3, 0.4) is 0 Å². The molecule has 0 bridgehead atoms. The van der Waals surface area contributed by atoms with Crippen molar-refractivity contribution in [1.29, 1.82) is 0 Å². The Balaban J connectivity index is 0.00000220. The van der Waals surface area contributed by atoms with Crippen molar-refractivity contribution >= 4 is 24.3 Å². The summed E-state index contributed by atoms with van der Waals surface area (Å²) in [5, 5.41) is 6.07. The number of carbonyl (C=O) groups excluding carboxylic acids is 2. The number of methoxy groups -OCH3 is 1. The zero-order valence-corrected chi connectivity index (χ0v) is 12.8. The second kappa shape index (κ2) is 8.69. The normalized spacial score (nSPS) is 17.1. The molecule has 21 heavy (non-hydrogen) atoms. The summed E-state index contributed by atoms with van der Waals surface area (Å²) >= 11 is 0. The third-order valence-corrected chi connectivity index (χ3v) is 3.45. The molecule has 0 radical (unpaired) electrons. The fourth-order valence-electron chi connectivity index (χ4n) is 2.25. The molecule has 2 N–H and O–H groups in total. The van der Waals surface area contributed by atoms with E-state index in [1.165, 1.54) is 13.2 Å². The molecule has 6 nitrogen and oxygen atoms in total. The average molecular weight is 317 g/mol. The van der Waals surface area contributed by atoms with Crippen LogP contribution in [0, 0.1) is 5.92 Å². The van der Waals surface area contributed by atoms with Crippen LogP contribution < -0.4 is 10.6 Å². The SMILES string of the molecule is COC(=O)c1ccc(CNC(=O)CCC2CCNC2)o1.Cl. The Morgan fingerprint density at radius 2 is 2.29 bits per heavy atom. The number of nitrogens with one attached hydrogen (secondary N) is 2. The van der Waals surface area contributed by atoms with Gasteiger partial charge in [0.05, 0.1) is 13.7 Å². The lowest BCUT2D eigenvalue weighted by atomic mass is 10.0. The van der Waals surface area contributed by atoms with Gasteiger partial charge in [-0.2, -0.15) is 0 Å². The molecule has 1 amide bonds. The monoisotopic (exact) mass is 316 g/mol. The fraction of sp³-hybridized carbons (Fsp3) is 0.571. The van der Waals surface area contributed by atoms with Crippen molar-refractivity contribution in [2.24, 2.45) is 5.92 Å². The second-order valence-corrected chi connectivity index (χ2v) is 4.93. The molecule has 1 unspecified atom stereocenters. The van der Waals surface area contributed by atoms with Gasteiger partial charge in [-0.25, -0.2) is 4.79 Å². The van der Waals surface area contributed by atoms with Crippen molar-refractivity contribution in [3.63, 3.8) is 0 Å². The summed E-state index contributed by atoms with van der Waals surface area (Å²) in [5.74, 6) is 0.787. The Morgan fingerprint density at radius 1 is 1.48 bits per heavy atom. The van der Waals surface area contributed by atoms with Crippen molar-refractivity contribution in [2.75, 3.05) is 20.2 Å². The third kappa shape index (κ3) is 5.40. The van der Waals surface area contributed by atoms with Crippen LogP contribution in [0.25, 0.3) is 0 Å². The average Bonchev–Trinajstić information content (AvgIpc) is 3.13. The molecule has 0 aliphatic carbocycles. The molecule has 0 aromatic carbocycles. The zero-order chi connectivity index (χ0) is 14.4. The van der Waals surface area contributed by atoms with E-state index in [9.17, 15) is 9.59 Å². The summed E-state index contributed by atoms with van der Waals surface area (Å²) < 4.78 is 9.81. The number of hydrogen-bond donors (Lipinski definition) is 2. The van der Waals surface area contributed by atoms with Gasteiger partial charge in [0.25, 0.3) is 0 Å². The van der Waals surface area contributed by atoms with Crippen LogP contribution in [0.4, 0.5) is 0 Å². The highest BCUT2D eigenvalue weighted by Gasteiger charge is 2.16. The molecule has 7 heteroatoms. The van der Waals surface area contributed by atoms with Crippen LogP contribution in [0.1, 0.15) is 35.6 Å². The summed E-state index contributed by atoms with van der Waals surface area (Å²) in [6.07, 6.45) is 2.58. The topological polar surface area (TPSA) is 80.6 Å². The van der Waals surface area contributed by atoms with Crippen molar-refractivity contribution in [3.8, 4) is 0 Å². The molecule has 0 saturated carbocycles. The van der Waals surface area contributed by atoms with E-state index in [1.54, 1.807) is 6.07 Å². The second-order valence-electron chi connectivity index (χ2n) is 4.93. The highest BCUT2D eigenvalue weighted by atomic mass is 35.5. The van der Waals surface area contributed by atoms with E-state index in [0.717, 1.165) is 25.9 Å². The van der Waals surface area contributed by atoms with E-state index in [4.69, 9.17) is 4.42 Å². The van der Waals surface area contributed by atoms with E-state index in [0.29, 0.717) is 24.6 Å². The molecular weight excluding hydrogens is 296 g/mol. The number of hydrogen-bond acceptors (Lipinski definition) is 5. The summed E-state index contributed by atoms with van der Waals surface area (Å²) in [4.78, 5) is 22.9. The Labute approximate surface area is 130 Å². The van der Waals surface area contributed by atoms with Crippen LogP contribution in [-0.2, 0) is 16.1 Å². The maximum atomic E-state index is 11.7. The highest BCUT2D eigenvalue weighted by Crippen LogP contribution is 2.14. The fourth-order valence-corrected chi connectivity index (χ4v) is 2.25. The number of furan rings is 1. The van der Waals surface area contributed by atoms with Gasteiger partial charge in [-0.05, 0) is 44.0 Å². The number of carbonyl (C=O) groups is 2. The first kappa shape index (κ1) is 17.5. The Morgan fingerprint density at radius 3 is 2.95 bits per heavy atom. The highest BCUT2D eigenvalue weighted by molar-refractivity contribution is 5.86. The minimum Gasteiger partial charge on any atom is -0.463 e. The van der Waals surface area contributed by atoms with Crippen molar-refractivity contribution in [3.05, 3.63) is 23.7 Å². The van der Waals surface area contributed by atoms with E-state index in [2.05, 4.69) is 15.4 Å². The maximum Gasteiger partial charge on any atom is 0.373 e. The van der Waals surface area contributed by atoms with Gasteiger partial charge in [0, 0.05) is 6.42 Å². The summed E-state index contributed by atoms with van der Waals surface area (Å²) in [6.45, 7) is 2.35. The van der Waals surface area contributed by atoms with Gasteiger partial charge < -0.3 is 19.8 Å². The molecule has 1 saturated heterocycles. The van der Waals surface area contributed by atoms with Gasteiger partial charge in [0.15, 0.2) is 0 Å². The van der Waals surface area contributed by atoms with Crippen LogP contribution >= 0.6 is 12.4 Å². The van der Waals surface area contributed by atoms with E-state index in [1.807, 2.05) is 0 Å². The van der Waals surface area contributed by atoms with Gasteiger partial charge in [-0.15, -0.1) is 12.4 Å². The molecule has 1 aromatic heterocycles. The van der Waals surface area contributed by atoms with Crippen LogP contribution in [0.5, 0.6) is 0 Å². The molecule has 1 aliphatic rings. The Hall–Kier alpha value is -1.53. The van der Waals surface area contributed by atoms with Gasteiger partial charge >= 0.3 is 5.97 Å². The number of amides is 1. The number of halogens is 1. The number of ether oxygens (including phenoxy) is 1. The third-order valence-electron chi connectivity index (χ3n) is 3.45. The van der Waals surface area contributed by atoms with Gasteiger partial charge in [-0.1, -0.05) is 0 Å². The predicted octanol–water partition coefficient (Wildman–Crippen LogP) is 1.49. The molecule has 1 atom stereocenters. The maximum absolute atomic E-state index is 11.7. The minimum absolute atomic E-state index is 0.